The fourth-order valence-electron chi connectivity index (χ4n) is 4.61. The molecule has 3 heteroatoms. The van der Waals surface area contributed by atoms with Crippen molar-refractivity contribution in [2.24, 2.45) is 0 Å². The Morgan fingerprint density at radius 3 is 2.53 bits per heavy atom. The second-order valence-electron chi connectivity index (χ2n) is 8.36. The van der Waals surface area contributed by atoms with E-state index < -0.39 is 0 Å². The molecule has 1 atom stereocenters. The molecule has 0 unspecified atom stereocenters. The molecule has 0 spiro atoms. The summed E-state index contributed by atoms with van der Waals surface area (Å²) in [6, 6.07) is 28.7. The molecule has 0 saturated carbocycles. The Bertz CT molecular complexity index is 1390. The lowest BCUT2D eigenvalue weighted by Gasteiger charge is -2.17. The fourth-order valence-corrected chi connectivity index (χ4v) is 4.61. The lowest BCUT2D eigenvalue weighted by atomic mass is 9.99. The number of fused-ring (bicyclic) bond motifs is 2. The minimum absolute atomic E-state index is 0.207. The van der Waals surface area contributed by atoms with Crippen molar-refractivity contribution in [3.63, 3.8) is 0 Å². The molecule has 0 fully saturated rings. The van der Waals surface area contributed by atoms with E-state index in [1.807, 2.05) is 6.07 Å². The third kappa shape index (κ3) is 3.80. The molecule has 0 saturated heterocycles. The number of rotatable bonds is 6. The van der Waals surface area contributed by atoms with E-state index in [4.69, 9.17) is 0 Å². The Labute approximate surface area is 188 Å². The molecular formula is C29H27FN2. The van der Waals surface area contributed by atoms with Crippen LogP contribution in [-0.4, -0.2) is 4.57 Å². The fraction of sp³-hybridized carbons (Fsp3) is 0.172. The zero-order chi connectivity index (χ0) is 22.1. The summed E-state index contributed by atoms with van der Waals surface area (Å²) in [5.74, 6) is -0.207. The minimum Gasteiger partial charge on any atom is -0.347 e. The van der Waals surface area contributed by atoms with E-state index in [-0.39, 0.29) is 11.9 Å². The molecule has 0 aliphatic heterocycles. The Balaban J connectivity index is 1.45. The van der Waals surface area contributed by atoms with Crippen LogP contribution in [0.15, 0.2) is 91.1 Å². The van der Waals surface area contributed by atoms with Crippen LogP contribution in [0.3, 0.4) is 0 Å². The van der Waals surface area contributed by atoms with Gasteiger partial charge in [0, 0.05) is 41.8 Å². The van der Waals surface area contributed by atoms with E-state index in [1.54, 1.807) is 12.1 Å². The average molecular weight is 423 g/mol. The maximum absolute atomic E-state index is 13.9. The van der Waals surface area contributed by atoms with Gasteiger partial charge in [0.15, 0.2) is 0 Å². The van der Waals surface area contributed by atoms with E-state index >= 15 is 0 Å². The summed E-state index contributed by atoms with van der Waals surface area (Å²) in [4.78, 5) is 0. The largest absolute Gasteiger partial charge is 0.347 e. The summed E-state index contributed by atoms with van der Waals surface area (Å²) < 4.78 is 16.1. The van der Waals surface area contributed by atoms with Gasteiger partial charge in [0.1, 0.15) is 5.82 Å². The van der Waals surface area contributed by atoms with E-state index in [9.17, 15) is 4.39 Å². The summed E-state index contributed by atoms with van der Waals surface area (Å²) in [7, 11) is 0. The number of halogens is 1. The first kappa shape index (κ1) is 20.5. The Hall–Kier alpha value is -3.43. The number of benzene rings is 4. The van der Waals surface area contributed by atoms with Gasteiger partial charge in [-0.25, -0.2) is 4.39 Å². The number of hydrogen-bond acceptors (Lipinski definition) is 1. The van der Waals surface area contributed by atoms with Crippen molar-refractivity contribution >= 4 is 21.7 Å². The molecule has 0 aliphatic carbocycles. The van der Waals surface area contributed by atoms with Crippen LogP contribution in [0.1, 0.15) is 31.0 Å². The molecule has 0 amide bonds. The maximum atomic E-state index is 13.9. The Kier molecular flexibility index (Phi) is 5.50. The molecule has 0 aliphatic rings. The third-order valence-corrected chi connectivity index (χ3v) is 6.32. The van der Waals surface area contributed by atoms with Gasteiger partial charge in [-0.1, -0.05) is 60.7 Å². The quantitative estimate of drug-likeness (QED) is 0.300. The van der Waals surface area contributed by atoms with Gasteiger partial charge in [-0.05, 0) is 65.6 Å². The molecule has 5 rings (SSSR count). The first-order chi connectivity index (χ1) is 15.6. The van der Waals surface area contributed by atoms with Crippen LogP contribution in [0.2, 0.25) is 0 Å². The second-order valence-corrected chi connectivity index (χ2v) is 8.36. The molecule has 1 heterocycles. The predicted octanol–water partition coefficient (Wildman–Crippen LogP) is 7.47. The van der Waals surface area contributed by atoms with Crippen molar-refractivity contribution in [2.45, 2.75) is 33.0 Å². The monoisotopic (exact) mass is 422 g/mol. The van der Waals surface area contributed by atoms with Gasteiger partial charge >= 0.3 is 0 Å². The van der Waals surface area contributed by atoms with Crippen LogP contribution in [0, 0.1) is 5.82 Å². The van der Waals surface area contributed by atoms with Crippen LogP contribution >= 0.6 is 0 Å². The zero-order valence-electron chi connectivity index (χ0n) is 18.5. The molecule has 0 radical (unpaired) electrons. The molecule has 0 bridgehead atoms. The zero-order valence-corrected chi connectivity index (χ0v) is 18.5. The highest BCUT2D eigenvalue weighted by Gasteiger charge is 2.13. The number of nitrogens with zero attached hydrogens (tertiary/aromatic N) is 1. The van der Waals surface area contributed by atoms with E-state index in [0.717, 1.165) is 29.6 Å². The van der Waals surface area contributed by atoms with Gasteiger partial charge in [0.25, 0.3) is 0 Å². The predicted molar refractivity (Wildman–Crippen MR) is 132 cm³/mol. The average Bonchev–Trinajstić information content (AvgIpc) is 3.20. The van der Waals surface area contributed by atoms with E-state index in [0.29, 0.717) is 0 Å². The lowest BCUT2D eigenvalue weighted by Crippen LogP contribution is -2.18. The van der Waals surface area contributed by atoms with Crippen molar-refractivity contribution in [3.05, 3.63) is 108 Å². The Morgan fingerprint density at radius 2 is 1.69 bits per heavy atom. The van der Waals surface area contributed by atoms with Gasteiger partial charge < -0.3 is 9.88 Å². The summed E-state index contributed by atoms with van der Waals surface area (Å²) in [6.07, 6.45) is 2.13. The summed E-state index contributed by atoms with van der Waals surface area (Å²) >= 11 is 0. The molecule has 1 aromatic heterocycles. The summed E-state index contributed by atoms with van der Waals surface area (Å²) in [6.45, 7) is 5.99. The van der Waals surface area contributed by atoms with Crippen LogP contribution in [-0.2, 0) is 13.1 Å². The van der Waals surface area contributed by atoms with Gasteiger partial charge in [-0.2, -0.15) is 0 Å². The first-order valence-electron chi connectivity index (χ1n) is 11.2. The molecule has 5 aromatic rings. The number of aromatic nitrogens is 1. The third-order valence-electron chi connectivity index (χ3n) is 6.32. The standard InChI is InChI=1S/C29H27FN2/c1-3-32-19-28(23-10-6-11-24(30)17-23)27-16-21(14-15-29(27)32)18-31-20(2)25-13-7-9-22-8-4-5-12-26(22)25/h4-17,19-20,31H,3,18H2,1-2H3/t20-/m1/s1. The van der Waals surface area contributed by atoms with Crippen molar-refractivity contribution in [1.82, 2.24) is 9.88 Å². The van der Waals surface area contributed by atoms with Crippen molar-refractivity contribution in [3.8, 4) is 11.1 Å². The van der Waals surface area contributed by atoms with Crippen molar-refractivity contribution in [1.29, 1.82) is 0 Å². The normalized spacial score (nSPS) is 12.5. The molecular weight excluding hydrogens is 395 g/mol. The first-order valence-corrected chi connectivity index (χ1v) is 11.2. The van der Waals surface area contributed by atoms with Crippen LogP contribution in [0.4, 0.5) is 4.39 Å². The van der Waals surface area contributed by atoms with Crippen LogP contribution < -0.4 is 5.32 Å². The second kappa shape index (κ2) is 8.60. The molecule has 160 valence electrons. The van der Waals surface area contributed by atoms with Gasteiger partial charge in [0.2, 0.25) is 0 Å². The molecule has 4 aromatic carbocycles. The van der Waals surface area contributed by atoms with Gasteiger partial charge in [0.05, 0.1) is 0 Å². The molecule has 2 nitrogen and oxygen atoms in total. The lowest BCUT2D eigenvalue weighted by molar-refractivity contribution is 0.578. The number of hydrogen-bond donors (Lipinski definition) is 1. The highest BCUT2D eigenvalue weighted by Crippen LogP contribution is 2.32. The molecule has 32 heavy (non-hydrogen) atoms. The van der Waals surface area contributed by atoms with Gasteiger partial charge in [-0.15, -0.1) is 0 Å². The van der Waals surface area contributed by atoms with E-state index in [2.05, 4.69) is 90.6 Å². The summed E-state index contributed by atoms with van der Waals surface area (Å²) in [5, 5.41) is 7.41. The highest BCUT2D eigenvalue weighted by atomic mass is 19.1. The Morgan fingerprint density at radius 1 is 0.875 bits per heavy atom. The SMILES string of the molecule is CCn1cc(-c2cccc(F)c2)c2cc(CN[C@H](C)c3cccc4ccccc34)ccc21. The van der Waals surface area contributed by atoms with Crippen LogP contribution in [0.5, 0.6) is 0 Å². The number of aryl methyl sites for hydroxylation is 1. The van der Waals surface area contributed by atoms with Crippen molar-refractivity contribution in [2.75, 3.05) is 0 Å². The smallest absolute Gasteiger partial charge is 0.123 e. The topological polar surface area (TPSA) is 17.0 Å². The number of nitrogens with one attached hydrogen (secondary N) is 1. The summed E-state index contributed by atoms with van der Waals surface area (Å²) in [5.41, 5.74) is 5.69. The minimum atomic E-state index is -0.207. The van der Waals surface area contributed by atoms with Crippen molar-refractivity contribution < 1.29 is 4.39 Å². The van der Waals surface area contributed by atoms with Gasteiger partial charge in [-0.3, -0.25) is 0 Å². The van der Waals surface area contributed by atoms with E-state index in [1.165, 1.54) is 33.5 Å². The maximum Gasteiger partial charge on any atom is 0.123 e. The van der Waals surface area contributed by atoms with Crippen LogP contribution in [0.25, 0.3) is 32.8 Å². The molecule has 1 N–H and O–H groups in total. The highest BCUT2D eigenvalue weighted by molar-refractivity contribution is 5.96.